The molecule has 0 saturated heterocycles. The van der Waals surface area contributed by atoms with Crippen LogP contribution < -0.4 is 10.6 Å². The molecule has 6 nitrogen and oxygen atoms in total. The normalized spacial score (nSPS) is 23.0. The smallest absolute Gasteiger partial charge is 0.240 e. The lowest BCUT2D eigenvalue weighted by Crippen LogP contribution is -2.45. The predicted octanol–water partition coefficient (Wildman–Crippen LogP) is 1.76. The molecule has 1 heterocycles. The molecule has 0 bridgehead atoms. The molecule has 0 unspecified atom stereocenters. The first kappa shape index (κ1) is 15.9. The minimum atomic E-state index is -0.114. The van der Waals surface area contributed by atoms with Gasteiger partial charge in [-0.2, -0.15) is 4.98 Å². The van der Waals surface area contributed by atoms with E-state index in [-0.39, 0.29) is 23.3 Å². The summed E-state index contributed by atoms with van der Waals surface area (Å²) >= 11 is 0. The number of nitrogens with one attached hydrogen (secondary N) is 2. The maximum atomic E-state index is 11.9. The number of carbonyl (C=O) groups is 1. The molecule has 1 aliphatic rings. The zero-order valence-electron chi connectivity index (χ0n) is 13.4. The second-order valence-corrected chi connectivity index (χ2v) is 6.75. The summed E-state index contributed by atoms with van der Waals surface area (Å²) in [5, 5.41) is 10.2. The van der Waals surface area contributed by atoms with E-state index in [1.165, 1.54) is 0 Å². The van der Waals surface area contributed by atoms with E-state index in [1.54, 1.807) is 7.05 Å². The Morgan fingerprint density at radius 2 is 2.05 bits per heavy atom. The molecule has 0 radical (unpaired) electrons. The monoisotopic (exact) mass is 294 g/mol. The van der Waals surface area contributed by atoms with Crippen LogP contribution in [0.3, 0.4) is 0 Å². The average molecular weight is 294 g/mol. The fraction of sp³-hybridized carbons (Fsp3) is 0.800. The molecule has 1 amide bonds. The minimum Gasteiger partial charge on any atom is -0.359 e. The molecule has 6 heteroatoms. The predicted molar refractivity (Wildman–Crippen MR) is 79.7 cm³/mol. The zero-order valence-corrected chi connectivity index (χ0v) is 13.4. The Morgan fingerprint density at radius 3 is 2.67 bits per heavy atom. The van der Waals surface area contributed by atoms with Crippen LogP contribution in [0.1, 0.15) is 58.2 Å². The van der Waals surface area contributed by atoms with Gasteiger partial charge < -0.3 is 15.2 Å². The SMILES string of the molecule is CNC(=O)[C@@H]1CCCC[C@@H]1NCc1nc(C(C)(C)C)no1. The van der Waals surface area contributed by atoms with E-state index in [4.69, 9.17) is 4.52 Å². The van der Waals surface area contributed by atoms with Crippen molar-refractivity contribution in [1.29, 1.82) is 0 Å². The van der Waals surface area contributed by atoms with Crippen molar-refractivity contribution in [3.8, 4) is 0 Å². The average Bonchev–Trinajstić information content (AvgIpc) is 2.93. The van der Waals surface area contributed by atoms with Crippen LogP contribution in [0, 0.1) is 5.92 Å². The Balaban J connectivity index is 1.94. The molecular weight excluding hydrogens is 268 g/mol. The summed E-state index contributed by atoms with van der Waals surface area (Å²) in [5.74, 6) is 1.45. The molecule has 2 rings (SSSR count). The second kappa shape index (κ2) is 6.56. The van der Waals surface area contributed by atoms with Crippen LogP contribution >= 0.6 is 0 Å². The fourth-order valence-corrected chi connectivity index (χ4v) is 2.72. The van der Waals surface area contributed by atoms with Crippen molar-refractivity contribution < 1.29 is 9.32 Å². The molecule has 1 saturated carbocycles. The van der Waals surface area contributed by atoms with E-state index in [1.807, 2.05) is 0 Å². The topological polar surface area (TPSA) is 80.0 Å². The lowest BCUT2D eigenvalue weighted by molar-refractivity contribution is -0.126. The van der Waals surface area contributed by atoms with Crippen LogP contribution in [0.25, 0.3) is 0 Å². The summed E-state index contributed by atoms with van der Waals surface area (Å²) in [7, 11) is 1.70. The first-order valence-corrected chi connectivity index (χ1v) is 7.70. The molecule has 1 aromatic heterocycles. The summed E-state index contributed by atoms with van der Waals surface area (Å²) in [6.45, 7) is 6.68. The van der Waals surface area contributed by atoms with Crippen molar-refractivity contribution >= 4 is 5.91 Å². The molecule has 21 heavy (non-hydrogen) atoms. The van der Waals surface area contributed by atoms with Gasteiger partial charge in [-0.05, 0) is 12.8 Å². The lowest BCUT2D eigenvalue weighted by Gasteiger charge is -2.30. The molecule has 0 spiro atoms. The molecule has 1 fully saturated rings. The maximum Gasteiger partial charge on any atom is 0.240 e. The first-order chi connectivity index (χ1) is 9.91. The molecule has 118 valence electrons. The van der Waals surface area contributed by atoms with Crippen molar-refractivity contribution in [1.82, 2.24) is 20.8 Å². The van der Waals surface area contributed by atoms with E-state index in [0.717, 1.165) is 25.7 Å². The van der Waals surface area contributed by atoms with Crippen LogP contribution in [-0.4, -0.2) is 29.1 Å². The van der Waals surface area contributed by atoms with Gasteiger partial charge in [-0.25, -0.2) is 0 Å². The van der Waals surface area contributed by atoms with Crippen LogP contribution in [0.5, 0.6) is 0 Å². The van der Waals surface area contributed by atoms with E-state index in [9.17, 15) is 4.79 Å². The first-order valence-electron chi connectivity index (χ1n) is 7.70. The number of amides is 1. The number of hydrogen-bond acceptors (Lipinski definition) is 5. The molecule has 2 N–H and O–H groups in total. The highest BCUT2D eigenvalue weighted by Crippen LogP contribution is 2.25. The standard InChI is InChI=1S/C15H26N4O2/c1-15(2,3)14-18-12(21-19-14)9-17-11-8-6-5-7-10(11)13(20)16-4/h10-11,17H,5-9H2,1-4H3,(H,16,20)/t10-,11+/m1/s1. The van der Waals surface area contributed by atoms with Gasteiger partial charge in [-0.1, -0.05) is 38.8 Å². The maximum absolute atomic E-state index is 11.9. The van der Waals surface area contributed by atoms with Crippen LogP contribution in [0.15, 0.2) is 4.52 Å². The number of carbonyl (C=O) groups excluding carboxylic acids is 1. The fourth-order valence-electron chi connectivity index (χ4n) is 2.72. The van der Waals surface area contributed by atoms with Crippen molar-refractivity contribution in [2.24, 2.45) is 5.92 Å². The Morgan fingerprint density at radius 1 is 1.33 bits per heavy atom. The third-order valence-electron chi connectivity index (χ3n) is 4.00. The molecule has 2 atom stereocenters. The van der Waals surface area contributed by atoms with Gasteiger partial charge in [0, 0.05) is 18.5 Å². The quantitative estimate of drug-likeness (QED) is 0.884. The Bertz CT molecular complexity index is 478. The summed E-state index contributed by atoms with van der Waals surface area (Å²) in [4.78, 5) is 16.3. The lowest BCUT2D eigenvalue weighted by atomic mass is 9.84. The second-order valence-electron chi connectivity index (χ2n) is 6.75. The number of rotatable bonds is 4. The summed E-state index contributed by atoms with van der Waals surface area (Å²) in [5.41, 5.74) is -0.114. The molecule has 0 aliphatic heterocycles. The number of aromatic nitrogens is 2. The summed E-state index contributed by atoms with van der Waals surface area (Å²) in [6, 6.07) is 0.184. The van der Waals surface area contributed by atoms with Crippen molar-refractivity contribution in [2.75, 3.05) is 7.05 Å². The van der Waals surface area contributed by atoms with Crippen LogP contribution in [0.2, 0.25) is 0 Å². The number of nitrogens with zero attached hydrogens (tertiary/aromatic N) is 2. The van der Waals surface area contributed by atoms with Gasteiger partial charge in [0.25, 0.3) is 0 Å². The van der Waals surface area contributed by atoms with Gasteiger partial charge in [0.1, 0.15) is 0 Å². The largest absolute Gasteiger partial charge is 0.359 e. The van der Waals surface area contributed by atoms with Crippen LogP contribution in [-0.2, 0) is 16.8 Å². The van der Waals surface area contributed by atoms with Crippen molar-refractivity contribution in [3.63, 3.8) is 0 Å². The molecule has 1 aromatic rings. The third kappa shape index (κ3) is 4.03. The van der Waals surface area contributed by atoms with Gasteiger partial charge in [0.05, 0.1) is 12.5 Å². The van der Waals surface area contributed by atoms with E-state index >= 15 is 0 Å². The van der Waals surface area contributed by atoms with E-state index in [2.05, 4.69) is 41.5 Å². The Hall–Kier alpha value is -1.43. The summed E-state index contributed by atoms with van der Waals surface area (Å²) < 4.78 is 5.28. The third-order valence-corrected chi connectivity index (χ3v) is 4.00. The van der Waals surface area contributed by atoms with Gasteiger partial charge in [0.2, 0.25) is 11.8 Å². The zero-order chi connectivity index (χ0) is 15.5. The van der Waals surface area contributed by atoms with Gasteiger partial charge in [-0.3, -0.25) is 4.79 Å². The van der Waals surface area contributed by atoms with Gasteiger partial charge >= 0.3 is 0 Å². The number of hydrogen-bond donors (Lipinski definition) is 2. The van der Waals surface area contributed by atoms with E-state index in [0.29, 0.717) is 18.3 Å². The Labute approximate surface area is 126 Å². The van der Waals surface area contributed by atoms with Gasteiger partial charge in [-0.15, -0.1) is 0 Å². The van der Waals surface area contributed by atoms with E-state index < -0.39 is 0 Å². The Kier molecular flexibility index (Phi) is 4.98. The molecule has 1 aliphatic carbocycles. The highest BCUT2D eigenvalue weighted by molar-refractivity contribution is 5.79. The van der Waals surface area contributed by atoms with Crippen molar-refractivity contribution in [3.05, 3.63) is 11.7 Å². The molecular formula is C15H26N4O2. The van der Waals surface area contributed by atoms with Gasteiger partial charge in [0.15, 0.2) is 5.82 Å². The van der Waals surface area contributed by atoms with Crippen LogP contribution in [0.4, 0.5) is 0 Å². The van der Waals surface area contributed by atoms with Crippen molar-refractivity contribution in [2.45, 2.75) is 64.5 Å². The highest BCUT2D eigenvalue weighted by Gasteiger charge is 2.30. The summed E-state index contributed by atoms with van der Waals surface area (Å²) in [6.07, 6.45) is 4.22. The highest BCUT2D eigenvalue weighted by atomic mass is 16.5. The molecule has 0 aromatic carbocycles. The minimum absolute atomic E-state index is 0.0359.